The summed E-state index contributed by atoms with van der Waals surface area (Å²) in [5.41, 5.74) is 8.98. The first-order valence-corrected chi connectivity index (χ1v) is 16.9. The Bertz CT molecular complexity index is 872. The number of fused-ring (bicyclic) bond motifs is 1. The van der Waals surface area contributed by atoms with Crippen LogP contribution in [0.4, 0.5) is 0 Å². The van der Waals surface area contributed by atoms with Crippen LogP contribution in [0, 0.1) is 0 Å². The predicted octanol–water partition coefficient (Wildman–Crippen LogP) is 2.07. The van der Waals surface area contributed by atoms with Gasteiger partial charge in [-0.2, -0.15) is 0 Å². The molecule has 32 heavy (non-hydrogen) atoms. The molecular formula is C27H38Cl2OSiZr. The first-order valence-electron chi connectivity index (χ1n) is 11.7. The van der Waals surface area contributed by atoms with Crippen molar-refractivity contribution in [2.24, 2.45) is 0 Å². The summed E-state index contributed by atoms with van der Waals surface area (Å²) in [5.74, 6) is 0. The van der Waals surface area contributed by atoms with Crippen molar-refractivity contribution in [3.05, 3.63) is 64.7 Å². The zero-order valence-corrected chi connectivity index (χ0v) is 25.6. The molecule has 5 heteroatoms. The standard InChI is InChI=1S/C25H31.C2H7OSi.2ClH.Zr/c1-5-6-7-8-10-19-17-21-11-9-12-23(24(21)18-19)20-13-15-22(16-14-20)25(2,3)4;1-4(2)3;;;/h9,11-18H,5-8,10H2,1-4H3;4H,1-2H3;2*1H;/q;-1;;;+3/p-2. The molecule has 2 aromatic rings. The predicted molar refractivity (Wildman–Crippen MR) is 130 cm³/mol. The molecule has 1 nitrogen and oxygen atoms in total. The molecule has 0 saturated heterocycles. The van der Waals surface area contributed by atoms with Crippen molar-refractivity contribution in [2.75, 3.05) is 0 Å². The number of hydrogen-bond donors (Lipinski definition) is 0. The Hall–Kier alpha value is -0.180. The molecule has 0 N–H and O–H groups in total. The maximum atomic E-state index is 6.41. The maximum Gasteiger partial charge on any atom is -1.00 e. The summed E-state index contributed by atoms with van der Waals surface area (Å²) in [5, 5.41) is 0. The normalized spacial score (nSPS) is 14.8. The Balaban J connectivity index is 0.00000256. The quantitative estimate of drug-likeness (QED) is 0.333. The average Bonchev–Trinajstić information content (AvgIpc) is 3.06. The van der Waals surface area contributed by atoms with E-state index in [0.717, 1.165) is 0 Å². The van der Waals surface area contributed by atoms with Crippen molar-refractivity contribution in [2.45, 2.75) is 81.9 Å². The van der Waals surface area contributed by atoms with Crippen LogP contribution in [0.5, 0.6) is 0 Å². The summed E-state index contributed by atoms with van der Waals surface area (Å²) < 4.78 is 7.01. The fourth-order valence-electron chi connectivity index (χ4n) is 4.18. The van der Waals surface area contributed by atoms with Gasteiger partial charge in [0, 0.05) is 0 Å². The van der Waals surface area contributed by atoms with E-state index in [1.165, 1.54) is 54.4 Å². The summed E-state index contributed by atoms with van der Waals surface area (Å²) in [6.45, 7) is 13.8. The van der Waals surface area contributed by atoms with Crippen LogP contribution in [0.25, 0.3) is 17.2 Å². The van der Waals surface area contributed by atoms with Gasteiger partial charge in [-0.05, 0) is 0 Å². The number of hydrogen-bond acceptors (Lipinski definition) is 1. The van der Waals surface area contributed by atoms with Crippen LogP contribution >= 0.6 is 0 Å². The summed E-state index contributed by atoms with van der Waals surface area (Å²) in [7, 11) is -0.952. The molecule has 1 unspecified atom stereocenters. The topological polar surface area (TPSA) is 9.23 Å². The van der Waals surface area contributed by atoms with Gasteiger partial charge in [0.05, 0.1) is 0 Å². The molecule has 0 aromatic heterocycles. The van der Waals surface area contributed by atoms with Gasteiger partial charge in [-0.25, -0.2) is 0 Å². The molecule has 1 atom stereocenters. The van der Waals surface area contributed by atoms with Crippen LogP contribution in [-0.2, 0) is 31.6 Å². The second-order valence-electron chi connectivity index (χ2n) is 9.88. The maximum absolute atomic E-state index is 6.41. The second-order valence-corrected chi connectivity index (χ2v) is 16.0. The summed E-state index contributed by atoms with van der Waals surface area (Å²) in [6, 6.07) is 16.2. The first kappa shape index (κ1) is 29.9. The van der Waals surface area contributed by atoms with Gasteiger partial charge in [0.1, 0.15) is 0 Å². The third kappa shape index (κ3) is 7.67. The number of allylic oxidation sites excluding steroid dienone is 1. The molecule has 3 rings (SSSR count). The SMILES string of the molecule is CCCCCCC1=Cc2c(-c3ccc(C(C)(C)C)cc3)cccc2[CH]1[Zr+2][O][SiH](C)C.[Cl-].[Cl-]. The Labute approximate surface area is 222 Å². The summed E-state index contributed by atoms with van der Waals surface area (Å²) >= 11 is -0.904. The minimum atomic E-state index is -0.952. The summed E-state index contributed by atoms with van der Waals surface area (Å²) in [6.07, 6.45) is 9.10. The third-order valence-corrected chi connectivity index (χ3v) is 13.3. The van der Waals surface area contributed by atoms with Crippen molar-refractivity contribution in [3.8, 4) is 11.1 Å². The number of halogens is 2. The van der Waals surface area contributed by atoms with E-state index >= 15 is 0 Å². The van der Waals surface area contributed by atoms with Crippen molar-refractivity contribution < 1.29 is 51.0 Å². The minimum Gasteiger partial charge on any atom is -1.00 e. The van der Waals surface area contributed by atoms with Crippen LogP contribution in [0.15, 0.2) is 48.0 Å². The number of unbranched alkanes of at least 4 members (excludes halogenated alkanes) is 3. The van der Waals surface area contributed by atoms with Gasteiger partial charge in [-0.1, -0.05) is 0 Å². The Morgan fingerprint density at radius 2 is 1.62 bits per heavy atom. The average molecular weight is 569 g/mol. The van der Waals surface area contributed by atoms with Crippen molar-refractivity contribution in [3.63, 3.8) is 0 Å². The van der Waals surface area contributed by atoms with E-state index in [1.807, 2.05) is 0 Å². The van der Waals surface area contributed by atoms with Crippen LogP contribution in [0.2, 0.25) is 13.1 Å². The minimum absolute atomic E-state index is 0. The van der Waals surface area contributed by atoms with E-state index in [4.69, 9.17) is 2.50 Å². The van der Waals surface area contributed by atoms with Crippen LogP contribution < -0.4 is 24.8 Å². The van der Waals surface area contributed by atoms with E-state index in [2.05, 4.69) is 89.3 Å². The molecule has 174 valence electrons. The molecule has 0 radical (unpaired) electrons. The summed E-state index contributed by atoms with van der Waals surface area (Å²) in [4.78, 5) is 0. The molecule has 0 heterocycles. The smallest absolute Gasteiger partial charge is 1.00 e. The van der Waals surface area contributed by atoms with E-state index < -0.39 is 32.7 Å². The van der Waals surface area contributed by atoms with Crippen LogP contribution in [-0.4, -0.2) is 9.04 Å². The zero-order chi connectivity index (χ0) is 21.7. The molecular weight excluding hydrogens is 531 g/mol. The molecule has 1 aliphatic rings. The van der Waals surface area contributed by atoms with E-state index in [0.29, 0.717) is 3.63 Å². The Morgan fingerprint density at radius 3 is 2.22 bits per heavy atom. The molecule has 0 spiro atoms. The number of rotatable bonds is 9. The van der Waals surface area contributed by atoms with Crippen molar-refractivity contribution in [1.29, 1.82) is 0 Å². The Kier molecular flexibility index (Phi) is 12.7. The van der Waals surface area contributed by atoms with Gasteiger partial charge >= 0.3 is 199 Å². The molecule has 0 amide bonds. The van der Waals surface area contributed by atoms with Gasteiger partial charge in [0.2, 0.25) is 0 Å². The van der Waals surface area contributed by atoms with Crippen LogP contribution in [0.3, 0.4) is 0 Å². The fourth-order valence-corrected chi connectivity index (χ4v) is 9.46. The molecule has 0 bridgehead atoms. The van der Waals surface area contributed by atoms with Gasteiger partial charge < -0.3 is 24.8 Å². The molecule has 2 aromatic carbocycles. The van der Waals surface area contributed by atoms with Gasteiger partial charge in [-0.3, -0.25) is 0 Å². The molecule has 1 aliphatic carbocycles. The fraction of sp³-hybridized carbons (Fsp3) is 0.481. The van der Waals surface area contributed by atoms with E-state index in [1.54, 1.807) is 11.1 Å². The van der Waals surface area contributed by atoms with Crippen LogP contribution in [0.1, 0.15) is 80.1 Å². The van der Waals surface area contributed by atoms with Crippen molar-refractivity contribution in [1.82, 2.24) is 0 Å². The van der Waals surface area contributed by atoms with Gasteiger partial charge in [-0.15, -0.1) is 0 Å². The molecule has 0 aliphatic heterocycles. The van der Waals surface area contributed by atoms with Gasteiger partial charge in [0.25, 0.3) is 0 Å². The molecule has 0 fully saturated rings. The van der Waals surface area contributed by atoms with E-state index in [-0.39, 0.29) is 30.2 Å². The zero-order valence-electron chi connectivity index (χ0n) is 20.5. The number of benzene rings is 2. The third-order valence-electron chi connectivity index (χ3n) is 5.95. The monoisotopic (exact) mass is 566 g/mol. The first-order chi connectivity index (χ1) is 14.3. The van der Waals surface area contributed by atoms with Crippen molar-refractivity contribution >= 4 is 15.1 Å². The molecule has 0 saturated carbocycles. The second kappa shape index (κ2) is 13.6. The van der Waals surface area contributed by atoms with Gasteiger partial charge in [0.15, 0.2) is 0 Å². The Morgan fingerprint density at radius 1 is 0.938 bits per heavy atom. The largest absolute Gasteiger partial charge is 1.00 e. The van der Waals surface area contributed by atoms with E-state index in [9.17, 15) is 0 Å².